The van der Waals surface area contributed by atoms with Crippen LogP contribution in [-0.4, -0.2) is 34.5 Å². The zero-order chi connectivity index (χ0) is 24.6. The van der Waals surface area contributed by atoms with E-state index in [0.29, 0.717) is 26.0 Å². The summed E-state index contributed by atoms with van der Waals surface area (Å²) in [5, 5.41) is 1.29. The van der Waals surface area contributed by atoms with Gasteiger partial charge in [0, 0.05) is 42.5 Å². The molecule has 5 nitrogen and oxygen atoms in total. The number of hydrogen-bond acceptors (Lipinski definition) is 3. The first-order chi connectivity index (χ1) is 17.1. The minimum absolute atomic E-state index is 0.158. The lowest BCUT2D eigenvalue weighted by Crippen LogP contribution is -2.36. The Hall–Kier alpha value is -3.15. The molecule has 0 spiro atoms. The standard InChI is InChI=1S/C29H35FN2O3/c1-2-35-29(34)13-5-3-4-12-28(33)31-20-18-25-24-10-6-7-11-26(24)32(27(25)21-31)19-8-9-22-14-16-23(30)17-15-22/h6-7,10-11,14-17H,2-5,8-9,12-13,18-21H2,1H3. The van der Waals surface area contributed by atoms with Crippen molar-refractivity contribution in [2.45, 2.75) is 71.4 Å². The van der Waals surface area contributed by atoms with E-state index in [2.05, 4.69) is 28.8 Å². The molecule has 1 amide bonds. The van der Waals surface area contributed by atoms with Crippen molar-refractivity contribution in [3.8, 4) is 0 Å². The van der Waals surface area contributed by atoms with E-state index in [4.69, 9.17) is 4.74 Å². The van der Waals surface area contributed by atoms with Gasteiger partial charge in [-0.05, 0) is 68.4 Å². The van der Waals surface area contributed by atoms with Crippen LogP contribution in [0.4, 0.5) is 4.39 Å². The summed E-state index contributed by atoms with van der Waals surface area (Å²) in [6.45, 7) is 4.48. The second kappa shape index (κ2) is 12.0. The van der Waals surface area contributed by atoms with Crippen molar-refractivity contribution in [2.24, 2.45) is 0 Å². The number of nitrogens with zero attached hydrogens (tertiary/aromatic N) is 2. The molecule has 186 valence electrons. The van der Waals surface area contributed by atoms with Crippen LogP contribution in [0.25, 0.3) is 10.9 Å². The number of ether oxygens (including phenoxy) is 1. The molecule has 0 fully saturated rings. The fraction of sp³-hybridized carbons (Fsp3) is 0.448. The van der Waals surface area contributed by atoms with Gasteiger partial charge in [-0.3, -0.25) is 9.59 Å². The van der Waals surface area contributed by atoms with E-state index in [1.807, 2.05) is 24.0 Å². The fourth-order valence-corrected chi connectivity index (χ4v) is 5.07. The first kappa shape index (κ1) is 25.0. The Balaban J connectivity index is 1.37. The number of hydrogen-bond donors (Lipinski definition) is 0. The van der Waals surface area contributed by atoms with E-state index >= 15 is 0 Å². The number of carbonyl (C=O) groups excluding carboxylic acids is 2. The van der Waals surface area contributed by atoms with Gasteiger partial charge in [0.15, 0.2) is 0 Å². The Kier molecular flexibility index (Phi) is 8.56. The highest BCUT2D eigenvalue weighted by atomic mass is 19.1. The molecule has 0 aliphatic carbocycles. The monoisotopic (exact) mass is 478 g/mol. The third-order valence-electron chi connectivity index (χ3n) is 6.86. The molecule has 2 heterocycles. The second-order valence-electron chi connectivity index (χ2n) is 9.26. The Morgan fingerprint density at radius 1 is 0.971 bits per heavy atom. The summed E-state index contributed by atoms with van der Waals surface area (Å²) >= 11 is 0. The topological polar surface area (TPSA) is 51.5 Å². The molecule has 0 saturated heterocycles. The van der Waals surface area contributed by atoms with E-state index in [1.54, 1.807) is 0 Å². The number of fused-ring (bicyclic) bond motifs is 3. The van der Waals surface area contributed by atoms with Crippen LogP contribution in [-0.2, 0) is 40.3 Å². The molecule has 0 saturated carbocycles. The van der Waals surface area contributed by atoms with Gasteiger partial charge < -0.3 is 14.2 Å². The maximum absolute atomic E-state index is 13.2. The van der Waals surface area contributed by atoms with Gasteiger partial charge in [0.25, 0.3) is 0 Å². The first-order valence-electron chi connectivity index (χ1n) is 12.8. The molecule has 1 aromatic heterocycles. The number of unbranched alkanes of at least 4 members (excludes halogenated alkanes) is 2. The zero-order valence-electron chi connectivity index (χ0n) is 20.6. The van der Waals surface area contributed by atoms with Gasteiger partial charge in [0.1, 0.15) is 5.82 Å². The average molecular weight is 479 g/mol. The Labute approximate surface area is 206 Å². The summed E-state index contributed by atoms with van der Waals surface area (Å²) in [7, 11) is 0. The van der Waals surface area contributed by atoms with Gasteiger partial charge in [0.05, 0.1) is 13.2 Å². The highest BCUT2D eigenvalue weighted by Gasteiger charge is 2.26. The average Bonchev–Trinajstić information content (AvgIpc) is 3.18. The van der Waals surface area contributed by atoms with Crippen LogP contribution in [0.5, 0.6) is 0 Å². The SMILES string of the molecule is CCOC(=O)CCCCCC(=O)N1CCc2c(n(CCCc3ccc(F)cc3)c3ccccc23)C1. The van der Waals surface area contributed by atoms with Gasteiger partial charge in [0.2, 0.25) is 5.91 Å². The van der Waals surface area contributed by atoms with E-state index in [9.17, 15) is 14.0 Å². The van der Waals surface area contributed by atoms with Crippen molar-refractivity contribution in [1.82, 2.24) is 9.47 Å². The van der Waals surface area contributed by atoms with Crippen LogP contribution in [0.2, 0.25) is 0 Å². The molecule has 1 aliphatic rings. The predicted octanol–water partition coefficient (Wildman–Crippen LogP) is 5.81. The largest absolute Gasteiger partial charge is 0.466 e. The number of benzene rings is 2. The predicted molar refractivity (Wildman–Crippen MR) is 135 cm³/mol. The molecule has 0 unspecified atom stereocenters. The van der Waals surface area contributed by atoms with Crippen molar-refractivity contribution < 1.29 is 18.7 Å². The molecule has 6 heteroatoms. The molecule has 2 aromatic carbocycles. The van der Waals surface area contributed by atoms with Crippen molar-refractivity contribution in [3.05, 3.63) is 71.2 Å². The summed E-state index contributed by atoms with van der Waals surface area (Å²) in [6, 6.07) is 15.2. The number of para-hydroxylation sites is 1. The van der Waals surface area contributed by atoms with Gasteiger partial charge >= 0.3 is 5.97 Å². The Morgan fingerprint density at radius 2 is 1.74 bits per heavy atom. The number of aromatic nitrogens is 1. The van der Waals surface area contributed by atoms with Crippen LogP contribution in [0.1, 0.15) is 62.3 Å². The van der Waals surface area contributed by atoms with Crippen molar-refractivity contribution in [1.29, 1.82) is 0 Å². The summed E-state index contributed by atoms with van der Waals surface area (Å²) < 4.78 is 20.6. The van der Waals surface area contributed by atoms with E-state index in [0.717, 1.165) is 57.2 Å². The summed E-state index contributed by atoms with van der Waals surface area (Å²) in [6.07, 6.45) is 6.06. The Bertz CT molecular complexity index is 1150. The van der Waals surface area contributed by atoms with Gasteiger partial charge in [-0.1, -0.05) is 36.8 Å². The Morgan fingerprint density at radius 3 is 2.54 bits per heavy atom. The molecular formula is C29H35FN2O3. The molecular weight excluding hydrogens is 443 g/mol. The molecule has 4 rings (SSSR count). The summed E-state index contributed by atoms with van der Waals surface area (Å²) in [5.41, 5.74) is 4.97. The zero-order valence-corrected chi connectivity index (χ0v) is 20.6. The van der Waals surface area contributed by atoms with Crippen LogP contribution >= 0.6 is 0 Å². The molecule has 0 radical (unpaired) electrons. The third kappa shape index (κ3) is 6.30. The van der Waals surface area contributed by atoms with Crippen LogP contribution < -0.4 is 0 Å². The highest BCUT2D eigenvalue weighted by molar-refractivity contribution is 5.86. The molecule has 0 bridgehead atoms. The minimum Gasteiger partial charge on any atom is -0.466 e. The number of esters is 1. The van der Waals surface area contributed by atoms with Crippen LogP contribution in [0, 0.1) is 5.82 Å². The maximum Gasteiger partial charge on any atom is 0.305 e. The number of halogens is 1. The molecule has 0 atom stereocenters. The lowest BCUT2D eigenvalue weighted by Gasteiger charge is -2.29. The van der Waals surface area contributed by atoms with Crippen molar-refractivity contribution in [3.63, 3.8) is 0 Å². The highest BCUT2D eigenvalue weighted by Crippen LogP contribution is 2.31. The number of amides is 1. The van der Waals surface area contributed by atoms with E-state index < -0.39 is 0 Å². The van der Waals surface area contributed by atoms with Gasteiger partial charge in [-0.15, -0.1) is 0 Å². The summed E-state index contributed by atoms with van der Waals surface area (Å²) in [5.74, 6) is -0.174. The van der Waals surface area contributed by atoms with E-state index in [-0.39, 0.29) is 17.7 Å². The fourth-order valence-electron chi connectivity index (χ4n) is 5.07. The summed E-state index contributed by atoms with van der Waals surface area (Å²) in [4.78, 5) is 26.4. The lowest BCUT2D eigenvalue weighted by molar-refractivity contribution is -0.143. The number of carbonyl (C=O) groups is 2. The van der Waals surface area contributed by atoms with Crippen LogP contribution in [0.15, 0.2) is 48.5 Å². The van der Waals surface area contributed by atoms with Gasteiger partial charge in [-0.25, -0.2) is 4.39 Å². The number of rotatable bonds is 11. The molecule has 1 aliphatic heterocycles. The van der Waals surface area contributed by atoms with E-state index in [1.165, 1.54) is 34.3 Å². The van der Waals surface area contributed by atoms with Crippen molar-refractivity contribution in [2.75, 3.05) is 13.2 Å². The third-order valence-corrected chi connectivity index (χ3v) is 6.86. The maximum atomic E-state index is 13.2. The molecule has 3 aromatic rings. The van der Waals surface area contributed by atoms with Crippen molar-refractivity contribution >= 4 is 22.8 Å². The first-order valence-corrected chi connectivity index (χ1v) is 12.8. The number of aryl methyl sites for hydroxylation is 2. The molecule has 0 N–H and O–H groups in total. The second-order valence-corrected chi connectivity index (χ2v) is 9.26. The smallest absolute Gasteiger partial charge is 0.305 e. The quantitative estimate of drug-likeness (QED) is 0.258. The normalized spacial score (nSPS) is 13.1. The lowest BCUT2D eigenvalue weighted by atomic mass is 10.0. The molecule has 35 heavy (non-hydrogen) atoms. The minimum atomic E-state index is -0.206. The van der Waals surface area contributed by atoms with Gasteiger partial charge in [-0.2, -0.15) is 0 Å². The van der Waals surface area contributed by atoms with Crippen LogP contribution in [0.3, 0.4) is 0 Å².